The molecule has 26 heavy (non-hydrogen) atoms. The van der Waals surface area contributed by atoms with Crippen LogP contribution in [0.3, 0.4) is 0 Å². The fraction of sp³-hybridized carbons (Fsp3) is 0.263. The van der Waals surface area contributed by atoms with Crippen molar-refractivity contribution < 1.29 is 4.39 Å². The molecular formula is C19H21FN6. The van der Waals surface area contributed by atoms with Gasteiger partial charge in [-0.3, -0.25) is 5.10 Å². The van der Waals surface area contributed by atoms with E-state index >= 15 is 0 Å². The third-order valence-electron chi connectivity index (χ3n) is 4.52. The molecule has 1 aliphatic carbocycles. The van der Waals surface area contributed by atoms with Crippen LogP contribution in [-0.4, -0.2) is 15.2 Å². The third-order valence-corrected chi connectivity index (χ3v) is 4.52. The van der Waals surface area contributed by atoms with Gasteiger partial charge in [-0.1, -0.05) is 12.1 Å². The Bertz CT molecular complexity index is 901. The Morgan fingerprint density at radius 2 is 1.92 bits per heavy atom. The molecule has 0 radical (unpaired) electrons. The lowest BCUT2D eigenvalue weighted by Gasteiger charge is -2.17. The number of nitrogen functional groups attached to an aromatic ring is 1. The predicted molar refractivity (Wildman–Crippen MR) is 101 cm³/mol. The van der Waals surface area contributed by atoms with Crippen LogP contribution in [0.1, 0.15) is 43.0 Å². The van der Waals surface area contributed by atoms with Crippen LogP contribution in [0.15, 0.2) is 42.5 Å². The molecule has 3 aromatic rings. The molecule has 0 saturated heterocycles. The van der Waals surface area contributed by atoms with Gasteiger partial charge in [-0.25, -0.2) is 9.37 Å². The van der Waals surface area contributed by atoms with Gasteiger partial charge in [0.1, 0.15) is 11.6 Å². The summed E-state index contributed by atoms with van der Waals surface area (Å²) in [6.45, 7) is 1.98. The van der Waals surface area contributed by atoms with Crippen molar-refractivity contribution in [2.75, 3.05) is 16.4 Å². The van der Waals surface area contributed by atoms with E-state index in [9.17, 15) is 4.39 Å². The second kappa shape index (κ2) is 6.67. The van der Waals surface area contributed by atoms with E-state index in [2.05, 4.69) is 25.8 Å². The van der Waals surface area contributed by atoms with Crippen molar-refractivity contribution in [1.82, 2.24) is 15.2 Å². The van der Waals surface area contributed by atoms with Crippen molar-refractivity contribution in [3.8, 4) is 0 Å². The van der Waals surface area contributed by atoms with Crippen LogP contribution in [-0.2, 0) is 0 Å². The molecule has 6 nitrogen and oxygen atoms in total. The maximum atomic E-state index is 13.1. The van der Waals surface area contributed by atoms with Crippen molar-refractivity contribution in [2.24, 2.45) is 0 Å². The summed E-state index contributed by atoms with van der Waals surface area (Å²) in [6, 6.07) is 11.9. The SMILES string of the molecule is C[C@H](Nc1nc(Nc2cc(C3CC3)[nH]n2)ccc1N)c1ccc(F)cc1. The van der Waals surface area contributed by atoms with Crippen LogP contribution in [0.5, 0.6) is 0 Å². The lowest BCUT2D eigenvalue weighted by atomic mass is 10.1. The molecule has 0 bridgehead atoms. The predicted octanol–water partition coefficient (Wildman–Crippen LogP) is 4.32. The Morgan fingerprint density at radius 1 is 1.15 bits per heavy atom. The minimum absolute atomic E-state index is 0.0625. The van der Waals surface area contributed by atoms with Gasteiger partial charge < -0.3 is 16.4 Å². The Kier molecular flexibility index (Phi) is 4.20. The zero-order chi connectivity index (χ0) is 18.1. The Hall–Kier alpha value is -3.09. The summed E-state index contributed by atoms with van der Waals surface area (Å²) in [4.78, 5) is 4.55. The number of pyridine rings is 1. The average molecular weight is 352 g/mol. The van der Waals surface area contributed by atoms with E-state index < -0.39 is 0 Å². The molecule has 1 aromatic carbocycles. The second-order valence-corrected chi connectivity index (χ2v) is 6.66. The van der Waals surface area contributed by atoms with E-state index in [-0.39, 0.29) is 11.9 Å². The number of nitrogens with two attached hydrogens (primary N) is 1. The number of halogens is 1. The van der Waals surface area contributed by atoms with E-state index in [0.717, 1.165) is 17.1 Å². The number of anilines is 4. The van der Waals surface area contributed by atoms with Crippen molar-refractivity contribution in [1.29, 1.82) is 0 Å². The summed E-state index contributed by atoms with van der Waals surface area (Å²) in [7, 11) is 0. The fourth-order valence-electron chi connectivity index (χ4n) is 2.83. The van der Waals surface area contributed by atoms with Crippen LogP contribution in [0.25, 0.3) is 0 Å². The van der Waals surface area contributed by atoms with Crippen molar-refractivity contribution in [3.05, 3.63) is 59.5 Å². The molecule has 0 aliphatic heterocycles. The molecule has 0 unspecified atom stereocenters. The van der Waals surface area contributed by atoms with Crippen LogP contribution in [0.4, 0.5) is 27.5 Å². The number of hydrogen-bond donors (Lipinski definition) is 4. The molecule has 0 spiro atoms. The van der Waals surface area contributed by atoms with Gasteiger partial charge in [0.15, 0.2) is 11.6 Å². The molecule has 1 atom stereocenters. The molecule has 4 rings (SSSR count). The number of benzene rings is 1. The molecule has 1 fully saturated rings. The number of H-pyrrole nitrogens is 1. The molecular weight excluding hydrogens is 331 g/mol. The van der Waals surface area contributed by atoms with Gasteiger partial charge >= 0.3 is 0 Å². The highest BCUT2D eigenvalue weighted by molar-refractivity contribution is 5.67. The van der Waals surface area contributed by atoms with Crippen LogP contribution in [0.2, 0.25) is 0 Å². The molecule has 5 N–H and O–H groups in total. The molecule has 1 aliphatic rings. The smallest absolute Gasteiger partial charge is 0.153 e. The number of nitrogens with one attached hydrogen (secondary N) is 3. The minimum Gasteiger partial charge on any atom is -0.396 e. The maximum absolute atomic E-state index is 13.1. The molecule has 2 heterocycles. The highest BCUT2D eigenvalue weighted by Gasteiger charge is 2.25. The van der Waals surface area contributed by atoms with Gasteiger partial charge in [0, 0.05) is 17.7 Å². The van der Waals surface area contributed by atoms with Crippen molar-refractivity contribution in [3.63, 3.8) is 0 Å². The first-order valence-corrected chi connectivity index (χ1v) is 8.69. The summed E-state index contributed by atoms with van der Waals surface area (Å²) in [5.74, 6) is 2.33. The zero-order valence-electron chi connectivity index (χ0n) is 14.5. The van der Waals surface area contributed by atoms with Crippen LogP contribution in [0, 0.1) is 5.82 Å². The van der Waals surface area contributed by atoms with Gasteiger partial charge in [-0.15, -0.1) is 0 Å². The monoisotopic (exact) mass is 352 g/mol. The quantitative estimate of drug-likeness (QED) is 0.530. The number of rotatable bonds is 6. The molecule has 134 valence electrons. The molecule has 2 aromatic heterocycles. The van der Waals surface area contributed by atoms with Gasteiger partial charge in [0.2, 0.25) is 0 Å². The van der Waals surface area contributed by atoms with Gasteiger partial charge in [0.05, 0.1) is 11.7 Å². The minimum atomic E-state index is -0.255. The summed E-state index contributed by atoms with van der Waals surface area (Å²) >= 11 is 0. The Labute approximate surface area is 151 Å². The maximum Gasteiger partial charge on any atom is 0.153 e. The average Bonchev–Trinajstić information content (AvgIpc) is 3.38. The van der Waals surface area contributed by atoms with Gasteiger partial charge in [-0.05, 0) is 49.6 Å². The van der Waals surface area contributed by atoms with Gasteiger partial charge in [-0.2, -0.15) is 5.10 Å². The zero-order valence-corrected chi connectivity index (χ0v) is 14.5. The topological polar surface area (TPSA) is 91.6 Å². The fourth-order valence-corrected chi connectivity index (χ4v) is 2.83. The lowest BCUT2D eigenvalue weighted by molar-refractivity contribution is 0.626. The number of hydrogen-bond acceptors (Lipinski definition) is 5. The highest BCUT2D eigenvalue weighted by Crippen LogP contribution is 2.39. The van der Waals surface area contributed by atoms with Crippen LogP contribution < -0.4 is 16.4 Å². The number of aromatic amines is 1. The second-order valence-electron chi connectivity index (χ2n) is 6.66. The molecule has 7 heteroatoms. The first-order chi connectivity index (χ1) is 12.6. The van der Waals surface area contributed by atoms with E-state index in [1.807, 2.05) is 19.1 Å². The Balaban J connectivity index is 1.48. The molecule has 1 saturated carbocycles. The van der Waals surface area contributed by atoms with Crippen LogP contribution >= 0.6 is 0 Å². The number of nitrogens with zero attached hydrogens (tertiary/aromatic N) is 2. The summed E-state index contributed by atoms with van der Waals surface area (Å²) < 4.78 is 13.1. The summed E-state index contributed by atoms with van der Waals surface area (Å²) in [5, 5.41) is 13.8. The third kappa shape index (κ3) is 3.61. The van der Waals surface area contributed by atoms with Crippen molar-refractivity contribution in [2.45, 2.75) is 31.7 Å². The van der Waals surface area contributed by atoms with Gasteiger partial charge in [0.25, 0.3) is 0 Å². The van der Waals surface area contributed by atoms with E-state index in [1.165, 1.54) is 25.0 Å². The van der Waals surface area contributed by atoms with E-state index in [0.29, 0.717) is 23.2 Å². The largest absolute Gasteiger partial charge is 0.396 e. The standard InChI is InChI=1S/C19H21FN6/c1-11(12-4-6-14(20)7-5-12)22-19-15(21)8-9-17(24-19)23-18-10-16(25-26-18)13-2-3-13/h4-11,13H,2-3,21H2,1H3,(H3,22,23,24,25,26)/t11-/m0/s1. The Morgan fingerprint density at radius 3 is 2.65 bits per heavy atom. The normalized spacial score (nSPS) is 14.8. The first-order valence-electron chi connectivity index (χ1n) is 8.69. The highest BCUT2D eigenvalue weighted by atomic mass is 19.1. The lowest BCUT2D eigenvalue weighted by Crippen LogP contribution is -2.10. The first kappa shape index (κ1) is 16.4. The van der Waals surface area contributed by atoms with E-state index in [1.54, 1.807) is 18.2 Å². The van der Waals surface area contributed by atoms with Crippen molar-refractivity contribution >= 4 is 23.1 Å². The molecule has 0 amide bonds. The number of aromatic nitrogens is 3. The summed E-state index contributed by atoms with van der Waals surface area (Å²) in [5.41, 5.74) is 8.71. The van der Waals surface area contributed by atoms with E-state index in [4.69, 9.17) is 5.73 Å². The summed E-state index contributed by atoms with van der Waals surface area (Å²) in [6.07, 6.45) is 2.44.